The standard InChI is InChI=1S/C7H6O6/c8-5(9)2-4-3(7(11)12)1-6(10)13-4/h1,4H,2H2,(H,8,9)(H,11,12). The molecule has 0 spiro atoms. The highest BCUT2D eigenvalue weighted by Gasteiger charge is 2.32. The second-order valence-electron chi connectivity index (χ2n) is 2.43. The Morgan fingerprint density at radius 1 is 1.46 bits per heavy atom. The molecular formula is C7H6O6. The van der Waals surface area contributed by atoms with Crippen LogP contribution >= 0.6 is 0 Å². The molecule has 0 aliphatic carbocycles. The number of hydrogen-bond donors (Lipinski definition) is 2. The van der Waals surface area contributed by atoms with Crippen molar-refractivity contribution in [1.82, 2.24) is 0 Å². The largest absolute Gasteiger partial charge is 0.481 e. The van der Waals surface area contributed by atoms with Gasteiger partial charge in [-0.05, 0) is 0 Å². The summed E-state index contributed by atoms with van der Waals surface area (Å²) in [6.07, 6.45) is -0.901. The lowest BCUT2D eigenvalue weighted by atomic mass is 10.1. The molecule has 0 saturated heterocycles. The highest BCUT2D eigenvalue weighted by atomic mass is 16.6. The van der Waals surface area contributed by atoms with Crippen molar-refractivity contribution in [2.24, 2.45) is 0 Å². The Labute approximate surface area is 72.4 Å². The average Bonchev–Trinajstić information content (AvgIpc) is 2.29. The molecule has 2 N–H and O–H groups in total. The minimum absolute atomic E-state index is 0.313. The van der Waals surface area contributed by atoms with Gasteiger partial charge in [-0.15, -0.1) is 0 Å². The number of esters is 1. The van der Waals surface area contributed by atoms with Crippen molar-refractivity contribution in [3.63, 3.8) is 0 Å². The zero-order chi connectivity index (χ0) is 10.0. The van der Waals surface area contributed by atoms with Crippen LogP contribution in [-0.4, -0.2) is 34.2 Å². The molecule has 0 aromatic carbocycles. The van der Waals surface area contributed by atoms with Crippen molar-refractivity contribution in [3.8, 4) is 0 Å². The molecular weight excluding hydrogens is 180 g/mol. The third-order valence-corrected chi connectivity index (χ3v) is 1.49. The van der Waals surface area contributed by atoms with E-state index in [9.17, 15) is 14.4 Å². The third-order valence-electron chi connectivity index (χ3n) is 1.49. The van der Waals surface area contributed by atoms with E-state index < -0.39 is 30.4 Å². The Hall–Kier alpha value is -1.85. The van der Waals surface area contributed by atoms with Crippen LogP contribution in [0.25, 0.3) is 0 Å². The SMILES string of the molecule is O=C(O)CC1OC(=O)C=C1C(=O)O. The number of aliphatic carboxylic acids is 2. The fraction of sp³-hybridized carbons (Fsp3) is 0.286. The Balaban J connectivity index is 2.77. The number of hydrogen-bond acceptors (Lipinski definition) is 4. The molecule has 0 bridgehead atoms. The van der Waals surface area contributed by atoms with Crippen molar-refractivity contribution >= 4 is 17.9 Å². The van der Waals surface area contributed by atoms with Crippen LogP contribution < -0.4 is 0 Å². The molecule has 6 nitrogen and oxygen atoms in total. The van der Waals surface area contributed by atoms with Gasteiger partial charge >= 0.3 is 17.9 Å². The van der Waals surface area contributed by atoms with Crippen LogP contribution in [0.2, 0.25) is 0 Å². The first-order valence-corrected chi connectivity index (χ1v) is 3.38. The van der Waals surface area contributed by atoms with Gasteiger partial charge in [-0.1, -0.05) is 0 Å². The second-order valence-corrected chi connectivity index (χ2v) is 2.43. The number of cyclic esters (lactones) is 1. The smallest absolute Gasteiger partial charge is 0.335 e. The van der Waals surface area contributed by atoms with Crippen molar-refractivity contribution < 1.29 is 29.3 Å². The molecule has 0 saturated carbocycles. The van der Waals surface area contributed by atoms with Crippen LogP contribution in [0.4, 0.5) is 0 Å². The van der Waals surface area contributed by atoms with E-state index in [1.807, 2.05) is 0 Å². The maximum absolute atomic E-state index is 10.6. The molecule has 1 aliphatic heterocycles. The molecule has 13 heavy (non-hydrogen) atoms. The van der Waals surface area contributed by atoms with E-state index in [1.165, 1.54) is 0 Å². The van der Waals surface area contributed by atoms with E-state index in [-0.39, 0.29) is 5.57 Å². The number of ether oxygens (including phenoxy) is 1. The van der Waals surface area contributed by atoms with Gasteiger partial charge in [0.25, 0.3) is 0 Å². The summed E-state index contributed by atoms with van der Waals surface area (Å²) in [4.78, 5) is 31.3. The zero-order valence-corrected chi connectivity index (χ0v) is 6.39. The number of carbonyl (C=O) groups is 3. The first-order chi connectivity index (χ1) is 6.00. The van der Waals surface area contributed by atoms with Gasteiger partial charge < -0.3 is 14.9 Å². The first kappa shape index (κ1) is 9.24. The molecule has 0 radical (unpaired) electrons. The molecule has 0 fully saturated rings. The summed E-state index contributed by atoms with van der Waals surface area (Å²) in [5.74, 6) is -3.37. The van der Waals surface area contributed by atoms with Gasteiger partial charge in [0.2, 0.25) is 0 Å². The molecule has 0 aromatic heterocycles. The van der Waals surface area contributed by atoms with Gasteiger partial charge in [-0.3, -0.25) is 4.79 Å². The molecule has 1 aliphatic rings. The maximum atomic E-state index is 10.6. The van der Waals surface area contributed by atoms with Crippen molar-refractivity contribution in [2.75, 3.05) is 0 Å². The van der Waals surface area contributed by atoms with Gasteiger partial charge in [-0.25, -0.2) is 9.59 Å². The van der Waals surface area contributed by atoms with E-state index in [0.717, 1.165) is 6.08 Å². The molecule has 0 amide bonds. The molecule has 1 heterocycles. The fourth-order valence-corrected chi connectivity index (χ4v) is 0.967. The maximum Gasteiger partial charge on any atom is 0.335 e. The highest BCUT2D eigenvalue weighted by molar-refractivity contribution is 6.00. The number of carboxylic acid groups (broad SMARTS) is 2. The van der Waals surface area contributed by atoms with E-state index in [4.69, 9.17) is 10.2 Å². The minimum atomic E-state index is -1.34. The molecule has 1 rings (SSSR count). The summed E-state index contributed by atoms with van der Waals surface area (Å²) in [5.41, 5.74) is -0.313. The predicted octanol–water partition coefficient (Wildman–Crippen LogP) is -0.603. The minimum Gasteiger partial charge on any atom is -0.481 e. The summed E-state index contributed by atoms with van der Waals surface area (Å²) in [7, 11) is 0. The monoisotopic (exact) mass is 186 g/mol. The van der Waals surface area contributed by atoms with E-state index in [2.05, 4.69) is 4.74 Å². The molecule has 1 unspecified atom stereocenters. The lowest BCUT2D eigenvalue weighted by Gasteiger charge is -2.07. The van der Waals surface area contributed by atoms with Gasteiger partial charge in [0, 0.05) is 6.08 Å². The topological polar surface area (TPSA) is 101 Å². The Kier molecular flexibility index (Phi) is 2.32. The van der Waals surface area contributed by atoms with E-state index >= 15 is 0 Å². The van der Waals surface area contributed by atoms with Crippen LogP contribution in [0.15, 0.2) is 11.6 Å². The lowest BCUT2D eigenvalue weighted by molar-refractivity contribution is -0.145. The van der Waals surface area contributed by atoms with Crippen molar-refractivity contribution in [1.29, 1.82) is 0 Å². The fourth-order valence-electron chi connectivity index (χ4n) is 0.967. The third kappa shape index (κ3) is 2.05. The Morgan fingerprint density at radius 3 is 2.54 bits per heavy atom. The van der Waals surface area contributed by atoms with E-state index in [0.29, 0.717) is 0 Å². The summed E-state index contributed by atoms with van der Waals surface area (Å²) >= 11 is 0. The summed E-state index contributed by atoms with van der Waals surface area (Å²) < 4.78 is 4.45. The summed E-state index contributed by atoms with van der Waals surface area (Å²) in [6.45, 7) is 0. The summed E-state index contributed by atoms with van der Waals surface area (Å²) in [6, 6.07) is 0. The molecule has 6 heteroatoms. The number of carbonyl (C=O) groups excluding carboxylic acids is 1. The second kappa shape index (κ2) is 3.26. The normalized spacial score (nSPS) is 20.8. The zero-order valence-electron chi connectivity index (χ0n) is 6.39. The van der Waals surface area contributed by atoms with Crippen molar-refractivity contribution in [3.05, 3.63) is 11.6 Å². The number of carboxylic acids is 2. The number of rotatable bonds is 3. The highest BCUT2D eigenvalue weighted by Crippen LogP contribution is 2.18. The Morgan fingerprint density at radius 2 is 2.08 bits per heavy atom. The van der Waals surface area contributed by atoms with Crippen LogP contribution in [-0.2, 0) is 19.1 Å². The average molecular weight is 186 g/mol. The predicted molar refractivity (Wildman–Crippen MR) is 37.9 cm³/mol. The van der Waals surface area contributed by atoms with Crippen LogP contribution in [0, 0.1) is 0 Å². The van der Waals surface area contributed by atoms with Crippen LogP contribution in [0.5, 0.6) is 0 Å². The molecule has 1 atom stereocenters. The quantitative estimate of drug-likeness (QED) is 0.570. The van der Waals surface area contributed by atoms with Crippen LogP contribution in [0.3, 0.4) is 0 Å². The molecule has 70 valence electrons. The van der Waals surface area contributed by atoms with E-state index in [1.54, 1.807) is 0 Å². The van der Waals surface area contributed by atoms with Gasteiger partial charge in [0.15, 0.2) is 0 Å². The van der Waals surface area contributed by atoms with Crippen molar-refractivity contribution in [2.45, 2.75) is 12.5 Å². The molecule has 0 aromatic rings. The van der Waals surface area contributed by atoms with Gasteiger partial charge in [0.05, 0.1) is 12.0 Å². The van der Waals surface area contributed by atoms with Gasteiger partial charge in [0.1, 0.15) is 6.10 Å². The first-order valence-electron chi connectivity index (χ1n) is 3.38. The Bertz CT molecular complexity index is 302. The summed E-state index contributed by atoms with van der Waals surface area (Å²) in [5, 5.41) is 16.9. The van der Waals surface area contributed by atoms with Gasteiger partial charge in [-0.2, -0.15) is 0 Å². The van der Waals surface area contributed by atoms with Crippen LogP contribution in [0.1, 0.15) is 6.42 Å². The lowest BCUT2D eigenvalue weighted by Crippen LogP contribution is -2.20.